The fourth-order valence-corrected chi connectivity index (χ4v) is 2.60. The number of hydrogen-bond donors (Lipinski definition) is 1. The lowest BCUT2D eigenvalue weighted by atomic mass is 10.1. The number of amides is 2. The second kappa shape index (κ2) is 7.61. The number of halogens is 3. The molecule has 2 aromatic carbocycles. The van der Waals surface area contributed by atoms with Gasteiger partial charge in [-0.2, -0.15) is 0 Å². The first kappa shape index (κ1) is 18.9. The summed E-state index contributed by atoms with van der Waals surface area (Å²) in [5.74, 6) is -3.41. The quantitative estimate of drug-likeness (QED) is 0.833. The molecule has 132 valence electrons. The monoisotopic (exact) mass is 366 g/mol. The maximum atomic E-state index is 13.3. The van der Waals surface area contributed by atoms with Gasteiger partial charge in [0.05, 0.1) is 17.1 Å². The summed E-state index contributed by atoms with van der Waals surface area (Å²) in [4.78, 5) is 25.6. The van der Waals surface area contributed by atoms with E-state index in [1.165, 1.54) is 7.05 Å². The van der Waals surface area contributed by atoms with Crippen molar-refractivity contribution < 1.29 is 18.4 Å². The van der Waals surface area contributed by atoms with Crippen LogP contribution in [0, 0.1) is 25.5 Å². The summed E-state index contributed by atoms with van der Waals surface area (Å²) in [5, 5.41) is 2.53. The van der Waals surface area contributed by atoms with E-state index in [1.54, 1.807) is 0 Å². The first-order valence-electron chi connectivity index (χ1n) is 7.46. The number of hydrogen-bond acceptors (Lipinski definition) is 2. The zero-order valence-corrected chi connectivity index (χ0v) is 14.7. The van der Waals surface area contributed by atoms with Crippen molar-refractivity contribution in [2.24, 2.45) is 0 Å². The van der Waals surface area contributed by atoms with Gasteiger partial charge in [-0.15, -0.1) is 0 Å². The maximum Gasteiger partial charge on any atom is 0.255 e. The maximum absolute atomic E-state index is 13.3. The van der Waals surface area contributed by atoms with Gasteiger partial charge in [0.1, 0.15) is 0 Å². The molecule has 25 heavy (non-hydrogen) atoms. The van der Waals surface area contributed by atoms with Gasteiger partial charge in [0.2, 0.25) is 5.91 Å². The van der Waals surface area contributed by atoms with Crippen molar-refractivity contribution in [2.45, 2.75) is 13.8 Å². The first-order chi connectivity index (χ1) is 11.7. The lowest BCUT2D eigenvalue weighted by Gasteiger charge is -2.19. The molecule has 0 heterocycles. The van der Waals surface area contributed by atoms with Crippen molar-refractivity contribution in [3.8, 4) is 0 Å². The summed E-state index contributed by atoms with van der Waals surface area (Å²) in [6.07, 6.45) is 0. The van der Waals surface area contributed by atoms with Crippen molar-refractivity contribution in [1.29, 1.82) is 0 Å². The third-order valence-electron chi connectivity index (χ3n) is 3.71. The third kappa shape index (κ3) is 4.33. The van der Waals surface area contributed by atoms with Gasteiger partial charge >= 0.3 is 0 Å². The van der Waals surface area contributed by atoms with Crippen molar-refractivity contribution in [3.63, 3.8) is 0 Å². The molecule has 7 heteroatoms. The van der Waals surface area contributed by atoms with Gasteiger partial charge in [0.25, 0.3) is 5.91 Å². The summed E-state index contributed by atoms with van der Waals surface area (Å²) in [7, 11) is 1.38. The van der Waals surface area contributed by atoms with E-state index in [4.69, 9.17) is 11.6 Å². The number of para-hydroxylation sites is 1. The van der Waals surface area contributed by atoms with Gasteiger partial charge in [-0.05, 0) is 37.1 Å². The van der Waals surface area contributed by atoms with E-state index < -0.39 is 23.4 Å². The minimum atomic E-state index is -1.18. The Balaban J connectivity index is 2.11. The molecule has 0 aromatic heterocycles. The van der Waals surface area contributed by atoms with Crippen LogP contribution in [0.25, 0.3) is 0 Å². The first-order valence-corrected chi connectivity index (χ1v) is 7.84. The third-order valence-corrected chi connectivity index (χ3v) is 4.03. The number of anilines is 1. The Morgan fingerprint density at radius 2 is 1.68 bits per heavy atom. The fourth-order valence-electron chi connectivity index (χ4n) is 2.37. The molecule has 0 radical (unpaired) electrons. The topological polar surface area (TPSA) is 49.4 Å². The number of rotatable bonds is 4. The molecule has 0 aliphatic rings. The van der Waals surface area contributed by atoms with Crippen LogP contribution in [0.5, 0.6) is 0 Å². The number of nitrogens with one attached hydrogen (secondary N) is 1. The predicted molar refractivity (Wildman–Crippen MR) is 92.9 cm³/mol. The number of carbonyl (C=O) groups excluding carboxylic acids is 2. The van der Waals surface area contributed by atoms with E-state index in [0.717, 1.165) is 28.2 Å². The number of likely N-dealkylation sites (N-methyl/N-ethyl adjacent to an activating group) is 1. The minimum absolute atomic E-state index is 0.206. The van der Waals surface area contributed by atoms with Crippen LogP contribution in [-0.4, -0.2) is 30.3 Å². The molecular formula is C18H17ClF2N2O2. The van der Waals surface area contributed by atoms with Crippen LogP contribution in [0.4, 0.5) is 14.5 Å². The number of aryl methyl sites for hydroxylation is 2. The molecule has 1 N–H and O–H groups in total. The lowest BCUT2D eigenvalue weighted by Crippen LogP contribution is -2.35. The van der Waals surface area contributed by atoms with Crippen molar-refractivity contribution in [2.75, 3.05) is 18.9 Å². The second-order valence-electron chi connectivity index (χ2n) is 5.72. The Kier molecular flexibility index (Phi) is 5.74. The van der Waals surface area contributed by atoms with Gasteiger partial charge in [-0.25, -0.2) is 8.78 Å². The van der Waals surface area contributed by atoms with Crippen molar-refractivity contribution >= 4 is 29.1 Å². The molecule has 2 aromatic rings. The van der Waals surface area contributed by atoms with E-state index >= 15 is 0 Å². The van der Waals surface area contributed by atoms with Gasteiger partial charge in [0, 0.05) is 12.7 Å². The Morgan fingerprint density at radius 1 is 1.12 bits per heavy atom. The van der Waals surface area contributed by atoms with Crippen LogP contribution >= 0.6 is 11.6 Å². The molecule has 0 spiro atoms. The SMILES string of the molecule is Cc1cccc(C)c1NC(=O)CN(C)C(=O)c1cc(F)c(F)cc1Cl. The molecule has 0 unspecified atom stereocenters. The van der Waals surface area contributed by atoms with E-state index in [2.05, 4.69) is 5.32 Å². The van der Waals surface area contributed by atoms with E-state index in [0.29, 0.717) is 5.69 Å². The lowest BCUT2D eigenvalue weighted by molar-refractivity contribution is -0.116. The molecule has 0 saturated heterocycles. The van der Waals surface area contributed by atoms with Gasteiger partial charge < -0.3 is 10.2 Å². The van der Waals surface area contributed by atoms with Crippen LogP contribution in [0.2, 0.25) is 5.02 Å². The molecular weight excluding hydrogens is 350 g/mol. The number of benzene rings is 2. The van der Waals surface area contributed by atoms with Crippen LogP contribution in [0.1, 0.15) is 21.5 Å². The molecule has 4 nitrogen and oxygen atoms in total. The zero-order chi connectivity index (χ0) is 18.7. The van der Waals surface area contributed by atoms with Gasteiger partial charge in [-0.3, -0.25) is 9.59 Å². The smallest absolute Gasteiger partial charge is 0.255 e. The van der Waals surface area contributed by atoms with Gasteiger partial charge in [-0.1, -0.05) is 29.8 Å². The Hall–Kier alpha value is -2.47. The summed E-state index contributed by atoms with van der Waals surface area (Å²) in [5.41, 5.74) is 2.26. The minimum Gasteiger partial charge on any atom is -0.332 e. The molecule has 0 aliphatic heterocycles. The van der Waals surface area contributed by atoms with E-state index in [1.807, 2.05) is 32.0 Å². The summed E-state index contributed by atoms with van der Waals surface area (Å²) < 4.78 is 26.4. The summed E-state index contributed by atoms with van der Waals surface area (Å²) in [6.45, 7) is 3.46. The average Bonchev–Trinajstić information content (AvgIpc) is 2.54. The summed E-state index contributed by atoms with van der Waals surface area (Å²) in [6, 6.07) is 7.05. The molecule has 0 saturated carbocycles. The molecule has 0 bridgehead atoms. The molecule has 0 aliphatic carbocycles. The summed E-state index contributed by atoms with van der Waals surface area (Å²) >= 11 is 5.79. The normalized spacial score (nSPS) is 10.5. The van der Waals surface area contributed by atoms with Crippen LogP contribution in [0.15, 0.2) is 30.3 Å². The molecule has 0 fully saturated rings. The van der Waals surface area contributed by atoms with Crippen molar-refractivity contribution in [1.82, 2.24) is 4.90 Å². The number of nitrogens with zero attached hydrogens (tertiary/aromatic N) is 1. The Morgan fingerprint density at radius 3 is 2.28 bits per heavy atom. The van der Waals surface area contributed by atoms with Crippen LogP contribution in [0.3, 0.4) is 0 Å². The van der Waals surface area contributed by atoms with E-state index in [9.17, 15) is 18.4 Å². The highest BCUT2D eigenvalue weighted by molar-refractivity contribution is 6.33. The van der Waals surface area contributed by atoms with E-state index in [-0.39, 0.29) is 17.1 Å². The second-order valence-corrected chi connectivity index (χ2v) is 6.13. The highest BCUT2D eigenvalue weighted by atomic mass is 35.5. The molecule has 2 amide bonds. The highest BCUT2D eigenvalue weighted by Gasteiger charge is 2.20. The molecule has 2 rings (SSSR count). The van der Waals surface area contributed by atoms with Crippen LogP contribution in [-0.2, 0) is 4.79 Å². The predicted octanol–water partition coefficient (Wildman–Crippen LogP) is 3.95. The van der Waals surface area contributed by atoms with Crippen molar-refractivity contribution in [3.05, 3.63) is 63.7 Å². The highest BCUT2D eigenvalue weighted by Crippen LogP contribution is 2.22. The zero-order valence-electron chi connectivity index (χ0n) is 14.0. The van der Waals surface area contributed by atoms with Crippen LogP contribution < -0.4 is 5.32 Å². The Bertz CT molecular complexity index is 820. The van der Waals surface area contributed by atoms with Gasteiger partial charge in [0.15, 0.2) is 11.6 Å². The Labute approximate surface area is 149 Å². The molecule has 0 atom stereocenters. The average molecular weight is 367 g/mol. The number of carbonyl (C=O) groups is 2. The fraction of sp³-hybridized carbons (Fsp3) is 0.222. The standard InChI is InChI=1S/C18H17ClF2N2O2/c1-10-5-4-6-11(2)17(10)22-16(24)9-23(3)18(25)12-7-14(20)15(21)8-13(12)19/h4-8H,9H2,1-3H3,(H,22,24). The largest absolute Gasteiger partial charge is 0.332 e.